The second-order valence-electron chi connectivity index (χ2n) is 13.8. The zero-order valence-electron chi connectivity index (χ0n) is 30.4. The van der Waals surface area contributed by atoms with E-state index in [-0.39, 0.29) is 18.5 Å². The van der Waals surface area contributed by atoms with Gasteiger partial charge in [-0.3, -0.25) is 9.59 Å². The molecule has 0 saturated heterocycles. The van der Waals surface area contributed by atoms with Gasteiger partial charge in [0.1, 0.15) is 6.10 Å². The van der Waals surface area contributed by atoms with Gasteiger partial charge in [0.15, 0.2) is 0 Å². The Balaban J connectivity index is 3.75. The number of carboxylic acids is 1. The summed E-state index contributed by atoms with van der Waals surface area (Å²) in [6.07, 6.45) is 45.3. The lowest BCUT2D eigenvalue weighted by Crippen LogP contribution is -2.18. The van der Waals surface area contributed by atoms with Gasteiger partial charge in [-0.2, -0.15) is 0 Å². The van der Waals surface area contributed by atoms with Crippen LogP contribution in [0.1, 0.15) is 232 Å². The molecule has 0 radical (unpaired) electrons. The van der Waals surface area contributed by atoms with E-state index in [9.17, 15) is 9.59 Å². The lowest BCUT2D eigenvalue weighted by atomic mass is 10.0. The van der Waals surface area contributed by atoms with Gasteiger partial charge >= 0.3 is 11.9 Å². The predicted molar refractivity (Wildman–Crippen MR) is 195 cm³/mol. The van der Waals surface area contributed by atoms with Crippen molar-refractivity contribution < 1.29 is 19.4 Å². The Morgan fingerprint density at radius 3 is 1.20 bits per heavy atom. The highest BCUT2D eigenvalue weighted by molar-refractivity contribution is 5.69. The number of ether oxygens (including phenoxy) is 1. The van der Waals surface area contributed by atoms with E-state index in [1.807, 2.05) is 0 Å². The van der Waals surface area contributed by atoms with E-state index in [2.05, 4.69) is 26.0 Å². The first-order chi connectivity index (χ1) is 22.1. The van der Waals surface area contributed by atoms with E-state index in [4.69, 9.17) is 9.84 Å². The van der Waals surface area contributed by atoms with Gasteiger partial charge in [0.2, 0.25) is 0 Å². The third-order valence-corrected chi connectivity index (χ3v) is 9.24. The van der Waals surface area contributed by atoms with E-state index in [1.54, 1.807) is 0 Å². The van der Waals surface area contributed by atoms with Crippen molar-refractivity contribution in [3.05, 3.63) is 12.2 Å². The van der Waals surface area contributed by atoms with Crippen molar-refractivity contribution in [3.63, 3.8) is 0 Å². The van der Waals surface area contributed by atoms with Crippen LogP contribution in [0.2, 0.25) is 0 Å². The van der Waals surface area contributed by atoms with Crippen LogP contribution in [0, 0.1) is 0 Å². The minimum absolute atomic E-state index is 0.000652. The van der Waals surface area contributed by atoms with Crippen molar-refractivity contribution in [3.8, 4) is 0 Å². The average Bonchev–Trinajstić information content (AvgIpc) is 3.02. The minimum atomic E-state index is -0.700. The van der Waals surface area contributed by atoms with Gasteiger partial charge in [-0.1, -0.05) is 167 Å². The van der Waals surface area contributed by atoms with Crippen LogP contribution in [0.5, 0.6) is 0 Å². The predicted octanol–water partition coefficient (Wildman–Crippen LogP) is 13.8. The molecule has 0 rings (SSSR count). The first-order valence-electron chi connectivity index (χ1n) is 20.2. The highest BCUT2D eigenvalue weighted by atomic mass is 16.5. The normalized spacial score (nSPS) is 12.2. The smallest absolute Gasteiger partial charge is 0.306 e. The number of allylic oxidation sites excluding steroid dienone is 2. The summed E-state index contributed by atoms with van der Waals surface area (Å²) in [4.78, 5) is 23.3. The lowest BCUT2D eigenvalue weighted by molar-refractivity contribution is -0.150. The van der Waals surface area contributed by atoms with Gasteiger partial charge in [0, 0.05) is 12.8 Å². The maximum absolute atomic E-state index is 12.6. The summed E-state index contributed by atoms with van der Waals surface area (Å²) in [6.45, 7) is 4.53. The highest BCUT2D eigenvalue weighted by Gasteiger charge is 2.14. The van der Waals surface area contributed by atoms with Gasteiger partial charge in [0.25, 0.3) is 0 Å². The van der Waals surface area contributed by atoms with Crippen molar-refractivity contribution in [1.29, 1.82) is 0 Å². The van der Waals surface area contributed by atoms with Gasteiger partial charge in [-0.15, -0.1) is 0 Å². The molecule has 266 valence electrons. The second-order valence-corrected chi connectivity index (χ2v) is 13.8. The molecular weight excluding hydrogens is 556 g/mol. The third kappa shape index (κ3) is 37.0. The van der Waals surface area contributed by atoms with E-state index in [1.165, 1.54) is 141 Å². The Morgan fingerprint density at radius 2 is 0.800 bits per heavy atom. The average molecular weight is 635 g/mol. The van der Waals surface area contributed by atoms with Gasteiger partial charge in [0.05, 0.1) is 0 Å². The molecule has 0 bridgehead atoms. The summed E-state index contributed by atoms with van der Waals surface area (Å²) in [5, 5.41) is 8.78. The van der Waals surface area contributed by atoms with Crippen molar-refractivity contribution >= 4 is 11.9 Å². The molecular formula is C41H78O4. The van der Waals surface area contributed by atoms with Gasteiger partial charge < -0.3 is 9.84 Å². The van der Waals surface area contributed by atoms with Crippen LogP contribution in [0.25, 0.3) is 0 Å². The maximum Gasteiger partial charge on any atom is 0.306 e. The molecule has 0 aromatic rings. The summed E-state index contributed by atoms with van der Waals surface area (Å²) >= 11 is 0. The number of esters is 1. The Morgan fingerprint density at radius 1 is 0.467 bits per heavy atom. The molecule has 0 amide bonds. The summed E-state index contributed by atoms with van der Waals surface area (Å²) in [6, 6.07) is 0. The summed E-state index contributed by atoms with van der Waals surface area (Å²) in [7, 11) is 0. The Labute approximate surface area is 281 Å². The molecule has 0 aliphatic heterocycles. The Kier molecular flexibility index (Phi) is 36.1. The van der Waals surface area contributed by atoms with Crippen molar-refractivity contribution in [2.75, 3.05) is 0 Å². The van der Waals surface area contributed by atoms with Crippen LogP contribution in [-0.2, 0) is 14.3 Å². The van der Waals surface area contributed by atoms with Crippen molar-refractivity contribution in [1.82, 2.24) is 0 Å². The fraction of sp³-hybridized carbons (Fsp3) is 0.902. The number of unbranched alkanes of at least 4 members (excludes halogenated alkanes) is 26. The fourth-order valence-electron chi connectivity index (χ4n) is 6.24. The van der Waals surface area contributed by atoms with E-state index >= 15 is 0 Å². The van der Waals surface area contributed by atoms with Crippen LogP contribution in [0.4, 0.5) is 0 Å². The molecule has 1 atom stereocenters. The Hall–Kier alpha value is -1.32. The third-order valence-electron chi connectivity index (χ3n) is 9.24. The standard InChI is InChI=1S/C41H78O4/c1-3-5-7-9-11-12-13-14-15-16-17-18-19-20-21-22-23-24-25-30-34-38-41(44)45-39(35-31-27-10-8-6-4-2)36-32-28-26-29-33-37-40(42)43/h16-17,39H,3-15,18-38H2,1-2H3,(H,42,43)/b17-16-. The molecule has 0 aliphatic carbocycles. The maximum atomic E-state index is 12.6. The molecule has 0 aromatic carbocycles. The molecule has 1 N–H and O–H groups in total. The SMILES string of the molecule is CCCCCCCCCC/C=C\CCCCCCCCCCCC(=O)OC(CCCCCCCC)CCCCCCCC(=O)O. The summed E-state index contributed by atoms with van der Waals surface area (Å²) < 4.78 is 5.96. The fourth-order valence-corrected chi connectivity index (χ4v) is 6.24. The van der Waals surface area contributed by atoms with Crippen LogP contribution in [0.3, 0.4) is 0 Å². The van der Waals surface area contributed by atoms with Crippen LogP contribution < -0.4 is 0 Å². The molecule has 4 heteroatoms. The molecule has 4 nitrogen and oxygen atoms in total. The number of carboxylic acid groups (broad SMARTS) is 1. The highest BCUT2D eigenvalue weighted by Crippen LogP contribution is 2.19. The molecule has 1 unspecified atom stereocenters. The van der Waals surface area contributed by atoms with Crippen molar-refractivity contribution in [2.45, 2.75) is 238 Å². The number of carbonyl (C=O) groups excluding carboxylic acids is 1. The molecule has 0 saturated carbocycles. The number of rotatable bonds is 37. The molecule has 0 heterocycles. The molecule has 45 heavy (non-hydrogen) atoms. The van der Waals surface area contributed by atoms with Gasteiger partial charge in [-0.25, -0.2) is 0 Å². The molecule has 0 aliphatic rings. The second kappa shape index (κ2) is 37.1. The van der Waals surface area contributed by atoms with Gasteiger partial charge in [-0.05, 0) is 64.2 Å². The topological polar surface area (TPSA) is 63.6 Å². The first-order valence-corrected chi connectivity index (χ1v) is 20.2. The summed E-state index contributed by atoms with van der Waals surface area (Å²) in [5.41, 5.74) is 0. The largest absolute Gasteiger partial charge is 0.481 e. The number of carbonyl (C=O) groups is 2. The zero-order chi connectivity index (χ0) is 32.9. The molecule has 0 fully saturated rings. The van der Waals surface area contributed by atoms with E-state index in [0.29, 0.717) is 6.42 Å². The number of hydrogen-bond donors (Lipinski definition) is 1. The molecule has 0 spiro atoms. The van der Waals surface area contributed by atoms with Crippen LogP contribution >= 0.6 is 0 Å². The lowest BCUT2D eigenvalue weighted by Gasteiger charge is -2.18. The zero-order valence-corrected chi connectivity index (χ0v) is 30.4. The first kappa shape index (κ1) is 43.7. The minimum Gasteiger partial charge on any atom is -0.481 e. The number of hydrogen-bond acceptors (Lipinski definition) is 3. The van der Waals surface area contributed by atoms with Crippen LogP contribution in [0.15, 0.2) is 12.2 Å². The summed E-state index contributed by atoms with van der Waals surface area (Å²) in [5.74, 6) is -0.700. The van der Waals surface area contributed by atoms with E-state index < -0.39 is 5.97 Å². The van der Waals surface area contributed by atoms with E-state index in [0.717, 1.165) is 64.2 Å². The number of aliphatic carboxylic acids is 1. The molecule has 0 aromatic heterocycles. The Bertz CT molecular complexity index is 643. The van der Waals surface area contributed by atoms with Crippen LogP contribution in [-0.4, -0.2) is 23.1 Å². The monoisotopic (exact) mass is 635 g/mol. The van der Waals surface area contributed by atoms with Crippen molar-refractivity contribution in [2.24, 2.45) is 0 Å². The quantitative estimate of drug-likeness (QED) is 0.0419.